The van der Waals surface area contributed by atoms with Crippen LogP contribution in [0.2, 0.25) is 5.15 Å². The molecule has 0 aliphatic carbocycles. The van der Waals surface area contributed by atoms with E-state index in [1.54, 1.807) is 0 Å². The maximum atomic E-state index is 9.57. The van der Waals surface area contributed by atoms with Crippen molar-refractivity contribution in [3.05, 3.63) is 64.8 Å². The molecule has 4 nitrogen and oxygen atoms in total. The minimum atomic E-state index is 0.179. The van der Waals surface area contributed by atoms with Crippen LogP contribution in [0.5, 0.6) is 0 Å². The molecular formula is C19H11ClN4. The number of halogens is 1. The Morgan fingerprint density at radius 1 is 0.958 bits per heavy atom. The number of nitriles is 1. The Labute approximate surface area is 143 Å². The molecule has 0 aliphatic rings. The van der Waals surface area contributed by atoms with Gasteiger partial charge in [0.05, 0.1) is 11.1 Å². The number of aryl methyl sites for hydroxylation is 1. The zero-order valence-electron chi connectivity index (χ0n) is 12.8. The third-order valence-electron chi connectivity index (χ3n) is 4.00. The number of hydrogen-bond donors (Lipinski definition) is 0. The fraction of sp³-hybridized carbons (Fsp3) is 0.0526. The summed E-state index contributed by atoms with van der Waals surface area (Å²) in [5, 5.41) is 19.2. The first-order chi connectivity index (χ1) is 11.7. The van der Waals surface area contributed by atoms with Gasteiger partial charge in [0.2, 0.25) is 0 Å². The summed E-state index contributed by atoms with van der Waals surface area (Å²) in [7, 11) is 0. The summed E-state index contributed by atoms with van der Waals surface area (Å²) in [5.74, 6) is 0. The zero-order valence-corrected chi connectivity index (χ0v) is 13.5. The second kappa shape index (κ2) is 5.55. The van der Waals surface area contributed by atoms with Gasteiger partial charge in [-0.15, -0.1) is 10.2 Å². The molecule has 0 spiro atoms. The Hall–Kier alpha value is -3.03. The van der Waals surface area contributed by atoms with Gasteiger partial charge >= 0.3 is 0 Å². The molecule has 0 saturated carbocycles. The molecule has 4 rings (SSSR count). The summed E-state index contributed by atoms with van der Waals surface area (Å²) in [6.07, 6.45) is 0. The summed E-state index contributed by atoms with van der Waals surface area (Å²) in [5.41, 5.74) is 4.98. The van der Waals surface area contributed by atoms with E-state index < -0.39 is 0 Å². The van der Waals surface area contributed by atoms with E-state index in [1.165, 1.54) is 0 Å². The van der Waals surface area contributed by atoms with Crippen LogP contribution in [0.15, 0.2) is 48.5 Å². The van der Waals surface area contributed by atoms with Crippen LogP contribution >= 0.6 is 11.6 Å². The zero-order chi connectivity index (χ0) is 16.7. The lowest BCUT2D eigenvalue weighted by Crippen LogP contribution is -1.97. The van der Waals surface area contributed by atoms with E-state index in [0.717, 1.165) is 22.0 Å². The Morgan fingerprint density at radius 3 is 2.46 bits per heavy atom. The number of fused-ring (bicyclic) bond motifs is 3. The molecule has 2 aromatic heterocycles. The molecule has 0 fully saturated rings. The fourth-order valence-corrected chi connectivity index (χ4v) is 3.02. The summed E-state index contributed by atoms with van der Waals surface area (Å²) >= 11 is 6.31. The minimum Gasteiger partial charge on any atom is -0.232 e. The second-order valence-electron chi connectivity index (χ2n) is 5.54. The molecular weight excluding hydrogens is 320 g/mol. The second-order valence-corrected chi connectivity index (χ2v) is 5.90. The minimum absolute atomic E-state index is 0.179. The lowest BCUT2D eigenvalue weighted by atomic mass is 9.98. The maximum Gasteiger partial charge on any atom is 0.148 e. The highest BCUT2D eigenvalue weighted by molar-refractivity contribution is 6.32. The molecule has 2 aromatic carbocycles. The van der Waals surface area contributed by atoms with E-state index in [-0.39, 0.29) is 5.15 Å². The van der Waals surface area contributed by atoms with Gasteiger partial charge < -0.3 is 0 Å². The monoisotopic (exact) mass is 330 g/mol. The lowest BCUT2D eigenvalue weighted by Gasteiger charge is -2.11. The molecule has 0 saturated heterocycles. The largest absolute Gasteiger partial charge is 0.232 e. The number of hydrogen-bond acceptors (Lipinski definition) is 4. The molecule has 4 aromatic rings. The van der Waals surface area contributed by atoms with Crippen molar-refractivity contribution in [3.63, 3.8) is 0 Å². The average molecular weight is 331 g/mol. The molecule has 0 bridgehead atoms. The topological polar surface area (TPSA) is 62.5 Å². The standard InChI is InChI=1S/C19H11ClN4/c1-11-6-8-12(9-7-11)16-14(10-21)19(20)22-17-13-4-2-3-5-15(13)23-24-18(16)17/h2-9H,1H3. The van der Waals surface area contributed by atoms with Crippen molar-refractivity contribution < 1.29 is 0 Å². The number of nitrogens with zero attached hydrogens (tertiary/aromatic N) is 4. The molecule has 0 unspecified atom stereocenters. The lowest BCUT2D eigenvalue weighted by molar-refractivity contribution is 1.11. The Morgan fingerprint density at radius 2 is 1.71 bits per heavy atom. The molecule has 0 atom stereocenters. The fourth-order valence-electron chi connectivity index (χ4n) is 2.80. The van der Waals surface area contributed by atoms with Gasteiger partial charge in [-0.3, -0.25) is 0 Å². The summed E-state index contributed by atoms with van der Waals surface area (Å²) in [6, 6.07) is 17.7. The SMILES string of the molecule is Cc1ccc(-c2c(C#N)c(Cl)nc3c2nnc2ccccc23)cc1. The number of pyridine rings is 1. The highest BCUT2D eigenvalue weighted by atomic mass is 35.5. The van der Waals surface area contributed by atoms with Crippen molar-refractivity contribution in [2.45, 2.75) is 6.92 Å². The molecule has 2 heterocycles. The molecule has 0 aliphatic heterocycles. The van der Waals surface area contributed by atoms with Crippen molar-refractivity contribution >= 4 is 33.5 Å². The van der Waals surface area contributed by atoms with Gasteiger partial charge in [-0.2, -0.15) is 5.26 Å². The van der Waals surface area contributed by atoms with Crippen LogP contribution in [0.4, 0.5) is 0 Å². The van der Waals surface area contributed by atoms with Crippen LogP contribution < -0.4 is 0 Å². The van der Waals surface area contributed by atoms with Gasteiger partial charge in [0.15, 0.2) is 0 Å². The number of benzene rings is 2. The number of aromatic nitrogens is 3. The predicted octanol–water partition coefficient (Wildman–Crippen LogP) is 4.68. The summed E-state index contributed by atoms with van der Waals surface area (Å²) in [4.78, 5) is 4.42. The van der Waals surface area contributed by atoms with Gasteiger partial charge in [0.25, 0.3) is 0 Å². The van der Waals surface area contributed by atoms with E-state index >= 15 is 0 Å². The molecule has 114 valence electrons. The summed E-state index contributed by atoms with van der Waals surface area (Å²) in [6.45, 7) is 2.01. The van der Waals surface area contributed by atoms with Gasteiger partial charge in [-0.1, -0.05) is 59.6 Å². The smallest absolute Gasteiger partial charge is 0.148 e. The van der Waals surface area contributed by atoms with Crippen LogP contribution in [0.3, 0.4) is 0 Å². The third-order valence-corrected chi connectivity index (χ3v) is 4.27. The van der Waals surface area contributed by atoms with Crippen molar-refractivity contribution in [2.24, 2.45) is 0 Å². The highest BCUT2D eigenvalue weighted by Crippen LogP contribution is 2.35. The van der Waals surface area contributed by atoms with Crippen molar-refractivity contribution in [2.75, 3.05) is 0 Å². The van der Waals surface area contributed by atoms with E-state index in [2.05, 4.69) is 21.3 Å². The average Bonchev–Trinajstić information content (AvgIpc) is 2.61. The van der Waals surface area contributed by atoms with E-state index in [0.29, 0.717) is 22.2 Å². The Balaban J connectivity index is 2.19. The van der Waals surface area contributed by atoms with Crippen molar-refractivity contribution in [1.29, 1.82) is 5.26 Å². The molecule has 24 heavy (non-hydrogen) atoms. The van der Waals surface area contributed by atoms with Crippen LogP contribution in [0, 0.1) is 18.3 Å². The third kappa shape index (κ3) is 2.18. The quantitative estimate of drug-likeness (QED) is 0.375. The van der Waals surface area contributed by atoms with Crippen molar-refractivity contribution in [3.8, 4) is 17.2 Å². The maximum absolute atomic E-state index is 9.57. The van der Waals surface area contributed by atoms with E-state index in [4.69, 9.17) is 11.6 Å². The summed E-state index contributed by atoms with van der Waals surface area (Å²) < 4.78 is 0. The highest BCUT2D eigenvalue weighted by Gasteiger charge is 2.18. The predicted molar refractivity (Wildman–Crippen MR) is 94.7 cm³/mol. The first kappa shape index (κ1) is 14.6. The van der Waals surface area contributed by atoms with Gasteiger partial charge in [-0.25, -0.2) is 4.98 Å². The molecule has 0 amide bonds. The number of rotatable bonds is 1. The van der Waals surface area contributed by atoms with Gasteiger partial charge in [0.1, 0.15) is 22.3 Å². The van der Waals surface area contributed by atoms with E-state index in [1.807, 2.05) is 55.5 Å². The molecule has 0 N–H and O–H groups in total. The Kier molecular flexibility index (Phi) is 3.37. The van der Waals surface area contributed by atoms with Gasteiger partial charge in [0, 0.05) is 10.9 Å². The van der Waals surface area contributed by atoms with Crippen molar-refractivity contribution in [1.82, 2.24) is 15.2 Å². The van der Waals surface area contributed by atoms with Crippen LogP contribution in [-0.4, -0.2) is 15.2 Å². The molecule has 5 heteroatoms. The first-order valence-corrected chi connectivity index (χ1v) is 7.78. The first-order valence-electron chi connectivity index (χ1n) is 7.41. The van der Waals surface area contributed by atoms with Crippen LogP contribution in [0.25, 0.3) is 33.1 Å². The van der Waals surface area contributed by atoms with E-state index in [9.17, 15) is 5.26 Å². The molecule has 0 radical (unpaired) electrons. The van der Waals surface area contributed by atoms with Crippen LogP contribution in [-0.2, 0) is 0 Å². The normalized spacial score (nSPS) is 10.9. The van der Waals surface area contributed by atoms with Crippen LogP contribution in [0.1, 0.15) is 11.1 Å². The van der Waals surface area contributed by atoms with Gasteiger partial charge in [-0.05, 0) is 18.6 Å². The Bertz CT molecular complexity index is 1130.